The zero-order chi connectivity index (χ0) is 18.6. The Kier molecular flexibility index (Phi) is 6.93. The summed E-state index contributed by atoms with van der Waals surface area (Å²) in [5.41, 5.74) is 0.483. The van der Waals surface area contributed by atoms with Gasteiger partial charge in [-0.3, -0.25) is 9.59 Å². The highest BCUT2D eigenvalue weighted by atomic mass is 35.5. The Labute approximate surface area is 160 Å². The van der Waals surface area contributed by atoms with E-state index in [-0.39, 0.29) is 23.6 Å². The molecule has 138 valence electrons. The van der Waals surface area contributed by atoms with E-state index in [0.29, 0.717) is 34.7 Å². The van der Waals surface area contributed by atoms with Gasteiger partial charge in [0.15, 0.2) is 0 Å². The third-order valence-electron chi connectivity index (χ3n) is 5.58. The van der Waals surface area contributed by atoms with E-state index >= 15 is 0 Å². The van der Waals surface area contributed by atoms with Crippen LogP contribution in [-0.4, -0.2) is 18.9 Å². The van der Waals surface area contributed by atoms with Crippen LogP contribution in [-0.2, 0) is 20.7 Å². The SMILES string of the molecule is COC(=O)CC1(CC(=O)Cc2ccc(Cl)cc2Cl)CCC(C)C(C)C1. The first-order valence-electron chi connectivity index (χ1n) is 8.77. The molecule has 0 amide bonds. The van der Waals surface area contributed by atoms with Gasteiger partial charge in [-0.2, -0.15) is 0 Å². The van der Waals surface area contributed by atoms with Crippen molar-refractivity contribution in [3.63, 3.8) is 0 Å². The molecular weight excluding hydrogens is 359 g/mol. The molecule has 0 N–H and O–H groups in total. The fraction of sp³-hybridized carbons (Fsp3) is 0.600. The van der Waals surface area contributed by atoms with Crippen LogP contribution in [0.25, 0.3) is 0 Å². The lowest BCUT2D eigenvalue weighted by Gasteiger charge is -2.42. The molecule has 25 heavy (non-hydrogen) atoms. The van der Waals surface area contributed by atoms with E-state index in [0.717, 1.165) is 24.8 Å². The molecule has 0 radical (unpaired) electrons. The molecular formula is C20H26Cl2O3. The van der Waals surface area contributed by atoms with Crippen molar-refractivity contribution in [1.29, 1.82) is 0 Å². The van der Waals surface area contributed by atoms with Crippen LogP contribution < -0.4 is 0 Å². The largest absolute Gasteiger partial charge is 0.469 e. The maximum Gasteiger partial charge on any atom is 0.306 e. The van der Waals surface area contributed by atoms with Crippen LogP contribution in [0.5, 0.6) is 0 Å². The van der Waals surface area contributed by atoms with Crippen LogP contribution in [0.2, 0.25) is 10.0 Å². The molecule has 1 aromatic rings. The molecule has 1 aromatic carbocycles. The molecule has 0 spiro atoms. The van der Waals surface area contributed by atoms with Crippen molar-refractivity contribution >= 4 is 35.0 Å². The number of methoxy groups -OCH3 is 1. The Balaban J connectivity index is 2.12. The molecule has 1 aliphatic carbocycles. The minimum atomic E-state index is -0.297. The van der Waals surface area contributed by atoms with Gasteiger partial charge >= 0.3 is 5.97 Å². The number of ether oxygens (including phenoxy) is 1. The number of esters is 1. The lowest BCUT2D eigenvalue weighted by atomic mass is 9.62. The number of hydrogen-bond acceptors (Lipinski definition) is 3. The summed E-state index contributed by atoms with van der Waals surface area (Å²) in [6.07, 6.45) is 3.76. The summed E-state index contributed by atoms with van der Waals surface area (Å²) in [6.45, 7) is 4.44. The predicted molar refractivity (Wildman–Crippen MR) is 101 cm³/mol. The van der Waals surface area contributed by atoms with Gasteiger partial charge in [0.1, 0.15) is 5.78 Å². The van der Waals surface area contributed by atoms with E-state index in [4.69, 9.17) is 27.9 Å². The van der Waals surface area contributed by atoms with Crippen LogP contribution in [0, 0.1) is 17.3 Å². The van der Waals surface area contributed by atoms with Gasteiger partial charge in [0.25, 0.3) is 0 Å². The van der Waals surface area contributed by atoms with Gasteiger partial charge in [0.05, 0.1) is 13.5 Å². The number of hydrogen-bond donors (Lipinski definition) is 0. The highest BCUT2D eigenvalue weighted by Crippen LogP contribution is 2.47. The van der Waals surface area contributed by atoms with Gasteiger partial charge in [-0.25, -0.2) is 0 Å². The average molecular weight is 385 g/mol. The van der Waals surface area contributed by atoms with Crippen molar-refractivity contribution in [3.8, 4) is 0 Å². The minimum absolute atomic E-state index is 0.106. The highest BCUT2D eigenvalue weighted by Gasteiger charge is 2.41. The molecule has 0 saturated heterocycles. The van der Waals surface area contributed by atoms with E-state index < -0.39 is 0 Å². The van der Waals surface area contributed by atoms with Gasteiger partial charge in [0.2, 0.25) is 0 Å². The molecule has 1 aliphatic rings. The summed E-state index contributed by atoms with van der Waals surface area (Å²) < 4.78 is 4.89. The summed E-state index contributed by atoms with van der Waals surface area (Å²) >= 11 is 12.1. The summed E-state index contributed by atoms with van der Waals surface area (Å²) in [5, 5.41) is 1.06. The topological polar surface area (TPSA) is 43.4 Å². The summed E-state index contributed by atoms with van der Waals surface area (Å²) in [5.74, 6) is 0.978. The molecule has 1 fully saturated rings. The second-order valence-corrected chi connectivity index (χ2v) is 8.42. The second kappa shape index (κ2) is 8.55. The summed E-state index contributed by atoms with van der Waals surface area (Å²) in [6, 6.07) is 5.19. The number of rotatable bonds is 6. The molecule has 0 aromatic heterocycles. The first kappa shape index (κ1) is 20.3. The van der Waals surface area contributed by atoms with Crippen LogP contribution >= 0.6 is 23.2 Å². The normalized spacial score (nSPS) is 26.3. The number of halogens is 2. The fourth-order valence-electron chi connectivity index (χ4n) is 3.92. The lowest BCUT2D eigenvalue weighted by molar-refractivity contribution is -0.145. The maximum absolute atomic E-state index is 12.7. The van der Waals surface area contributed by atoms with Crippen molar-refractivity contribution in [2.45, 2.75) is 52.4 Å². The monoisotopic (exact) mass is 384 g/mol. The van der Waals surface area contributed by atoms with Gasteiger partial charge in [0, 0.05) is 22.9 Å². The van der Waals surface area contributed by atoms with E-state index in [1.807, 2.05) is 0 Å². The minimum Gasteiger partial charge on any atom is -0.469 e. The van der Waals surface area contributed by atoms with E-state index in [1.165, 1.54) is 7.11 Å². The van der Waals surface area contributed by atoms with Crippen LogP contribution in [0.1, 0.15) is 51.5 Å². The molecule has 2 rings (SSSR count). The Morgan fingerprint density at radius 3 is 2.52 bits per heavy atom. The summed E-state index contributed by atoms with van der Waals surface area (Å²) in [7, 11) is 1.40. The smallest absolute Gasteiger partial charge is 0.306 e. The Bertz CT molecular complexity index is 644. The average Bonchev–Trinajstić information content (AvgIpc) is 2.54. The Hall–Kier alpha value is -1.06. The second-order valence-electron chi connectivity index (χ2n) is 7.58. The number of Topliss-reactive ketones (excluding diaryl/α,β-unsaturated/α-hetero) is 1. The van der Waals surface area contributed by atoms with Gasteiger partial charge in [-0.1, -0.05) is 43.1 Å². The summed E-state index contributed by atoms with van der Waals surface area (Å²) in [4.78, 5) is 24.7. The molecule has 5 heteroatoms. The van der Waals surface area contributed by atoms with Gasteiger partial charge in [-0.05, 0) is 54.2 Å². The molecule has 1 saturated carbocycles. The standard InChI is InChI=1S/C20H26Cl2O3/c1-13-6-7-20(10-14(13)2,12-19(24)25-3)11-17(23)8-15-4-5-16(21)9-18(15)22/h4-5,9,13-14H,6-8,10-12H2,1-3H3. The molecule has 3 unspecified atom stereocenters. The predicted octanol–water partition coefficient (Wildman–Crippen LogP) is 5.50. The maximum atomic E-state index is 12.7. The molecule has 0 bridgehead atoms. The fourth-order valence-corrected chi connectivity index (χ4v) is 4.40. The third kappa shape index (κ3) is 5.46. The van der Waals surface area contributed by atoms with Crippen molar-refractivity contribution in [3.05, 3.63) is 33.8 Å². The first-order valence-corrected chi connectivity index (χ1v) is 9.53. The van der Waals surface area contributed by atoms with E-state index in [2.05, 4.69) is 13.8 Å². The highest BCUT2D eigenvalue weighted by molar-refractivity contribution is 6.35. The van der Waals surface area contributed by atoms with E-state index in [1.54, 1.807) is 18.2 Å². The van der Waals surface area contributed by atoms with Crippen LogP contribution in [0.3, 0.4) is 0 Å². The van der Waals surface area contributed by atoms with Crippen molar-refractivity contribution in [2.75, 3.05) is 7.11 Å². The Morgan fingerprint density at radius 2 is 1.92 bits per heavy atom. The van der Waals surface area contributed by atoms with Gasteiger partial charge < -0.3 is 4.74 Å². The third-order valence-corrected chi connectivity index (χ3v) is 6.17. The van der Waals surface area contributed by atoms with Crippen LogP contribution in [0.4, 0.5) is 0 Å². The first-order chi connectivity index (χ1) is 11.7. The number of benzene rings is 1. The van der Waals surface area contributed by atoms with Crippen molar-refractivity contribution in [2.24, 2.45) is 17.3 Å². The molecule has 0 aliphatic heterocycles. The van der Waals surface area contributed by atoms with E-state index in [9.17, 15) is 9.59 Å². The van der Waals surface area contributed by atoms with Crippen molar-refractivity contribution in [1.82, 2.24) is 0 Å². The Morgan fingerprint density at radius 1 is 1.20 bits per heavy atom. The number of ketones is 1. The number of carbonyl (C=O) groups excluding carboxylic acids is 2. The zero-order valence-electron chi connectivity index (χ0n) is 15.1. The molecule has 3 atom stereocenters. The van der Waals surface area contributed by atoms with Crippen LogP contribution in [0.15, 0.2) is 18.2 Å². The molecule has 0 heterocycles. The quantitative estimate of drug-likeness (QED) is 0.608. The zero-order valence-corrected chi connectivity index (χ0v) is 16.6. The lowest BCUT2D eigenvalue weighted by Crippen LogP contribution is -2.36. The van der Waals surface area contributed by atoms with Gasteiger partial charge in [-0.15, -0.1) is 0 Å². The van der Waals surface area contributed by atoms with Crippen molar-refractivity contribution < 1.29 is 14.3 Å². The molecule has 3 nitrogen and oxygen atoms in total. The number of carbonyl (C=O) groups is 2.